The van der Waals surface area contributed by atoms with E-state index in [9.17, 15) is 20.0 Å². The lowest BCUT2D eigenvalue weighted by Crippen LogP contribution is -2.40. The Bertz CT molecular complexity index is 1740. The van der Waals surface area contributed by atoms with Crippen LogP contribution in [0.5, 0.6) is 0 Å². The van der Waals surface area contributed by atoms with Crippen LogP contribution in [-0.2, 0) is 32.7 Å². The first kappa shape index (κ1) is 24.4. The largest absolute Gasteiger partial charge is 0.388 e. The second kappa shape index (κ2) is 10.4. The van der Waals surface area contributed by atoms with Gasteiger partial charge >= 0.3 is 5.69 Å². The molecule has 0 aliphatic carbocycles. The zero-order chi connectivity index (χ0) is 25.9. The summed E-state index contributed by atoms with van der Waals surface area (Å²) in [6.07, 6.45) is 4.08. The van der Waals surface area contributed by atoms with Crippen molar-refractivity contribution in [3.05, 3.63) is 110 Å². The third-order valence-electron chi connectivity index (χ3n) is 6.46. The number of benzene rings is 2. The van der Waals surface area contributed by atoms with Gasteiger partial charge in [0, 0.05) is 30.4 Å². The van der Waals surface area contributed by atoms with E-state index in [0.717, 1.165) is 28.0 Å². The number of nitriles is 1. The minimum absolute atomic E-state index is 0.165. The molecular formula is C28H25N5O3S. The normalized spacial score (nSPS) is 11.2. The van der Waals surface area contributed by atoms with Crippen LogP contribution in [0.4, 0.5) is 0 Å². The van der Waals surface area contributed by atoms with Gasteiger partial charge < -0.3 is 9.67 Å². The number of hydrogen-bond acceptors (Lipinski definition) is 6. The number of imidazole rings is 1. The minimum atomic E-state index is -0.369. The Labute approximate surface area is 216 Å². The van der Waals surface area contributed by atoms with Gasteiger partial charge in [0.25, 0.3) is 5.56 Å². The molecule has 3 aromatic heterocycles. The maximum Gasteiger partial charge on any atom is 0.332 e. The summed E-state index contributed by atoms with van der Waals surface area (Å²) >= 11 is 1.47. The number of aliphatic hydroxyl groups excluding tert-OH is 1. The van der Waals surface area contributed by atoms with Crippen LogP contribution < -0.4 is 11.2 Å². The summed E-state index contributed by atoms with van der Waals surface area (Å²) in [6.45, 7) is 2.63. The monoisotopic (exact) mass is 511 g/mol. The molecule has 0 unspecified atom stereocenters. The fourth-order valence-corrected chi connectivity index (χ4v) is 5.55. The molecule has 5 aromatic rings. The van der Waals surface area contributed by atoms with Crippen molar-refractivity contribution in [1.29, 1.82) is 5.26 Å². The van der Waals surface area contributed by atoms with Crippen molar-refractivity contribution >= 4 is 21.6 Å². The number of fused-ring (bicyclic) bond motifs is 1. The van der Waals surface area contributed by atoms with E-state index in [2.05, 4.69) is 11.1 Å². The summed E-state index contributed by atoms with van der Waals surface area (Å²) in [4.78, 5) is 32.7. The topological polar surface area (TPSA) is 106 Å². The quantitative estimate of drug-likeness (QED) is 0.341. The lowest BCUT2D eigenvalue weighted by atomic mass is 9.99. The van der Waals surface area contributed by atoms with E-state index in [1.807, 2.05) is 55.5 Å². The molecule has 8 nitrogen and oxygen atoms in total. The summed E-state index contributed by atoms with van der Waals surface area (Å²) < 4.78 is 4.68. The molecule has 37 heavy (non-hydrogen) atoms. The second-order valence-electron chi connectivity index (χ2n) is 8.66. The number of aliphatic hydroxyl groups is 1. The summed E-state index contributed by atoms with van der Waals surface area (Å²) in [5, 5.41) is 19.5. The van der Waals surface area contributed by atoms with Crippen LogP contribution in [0.15, 0.2) is 76.6 Å². The predicted octanol–water partition coefficient (Wildman–Crippen LogP) is 3.76. The third kappa shape index (κ3) is 4.65. The number of aromatic nitrogens is 4. The zero-order valence-electron chi connectivity index (χ0n) is 20.3. The van der Waals surface area contributed by atoms with E-state index in [-0.39, 0.29) is 24.4 Å². The summed E-state index contributed by atoms with van der Waals surface area (Å²) in [7, 11) is 0. The predicted molar refractivity (Wildman–Crippen MR) is 144 cm³/mol. The highest BCUT2D eigenvalue weighted by Gasteiger charge is 2.17. The van der Waals surface area contributed by atoms with Crippen molar-refractivity contribution < 1.29 is 5.11 Å². The van der Waals surface area contributed by atoms with Crippen LogP contribution in [0.25, 0.3) is 21.3 Å². The van der Waals surface area contributed by atoms with Crippen molar-refractivity contribution in [1.82, 2.24) is 18.7 Å². The minimum Gasteiger partial charge on any atom is -0.388 e. The van der Waals surface area contributed by atoms with E-state index in [1.54, 1.807) is 27.6 Å². The van der Waals surface area contributed by atoms with Gasteiger partial charge in [-0.1, -0.05) is 49.4 Å². The molecule has 0 atom stereocenters. The zero-order valence-corrected chi connectivity index (χ0v) is 21.1. The van der Waals surface area contributed by atoms with Crippen LogP contribution in [0.1, 0.15) is 28.8 Å². The maximum absolute atomic E-state index is 13.6. The van der Waals surface area contributed by atoms with Gasteiger partial charge in [0.1, 0.15) is 17.3 Å². The summed E-state index contributed by atoms with van der Waals surface area (Å²) in [5.74, 6) is 0.483. The summed E-state index contributed by atoms with van der Waals surface area (Å²) in [6, 6.07) is 19.4. The Morgan fingerprint density at radius 1 is 1.05 bits per heavy atom. The van der Waals surface area contributed by atoms with E-state index < -0.39 is 0 Å². The Hall–Kier alpha value is -4.26. The first-order valence-corrected chi connectivity index (χ1v) is 12.8. The Morgan fingerprint density at radius 2 is 1.84 bits per heavy atom. The van der Waals surface area contributed by atoms with E-state index in [1.165, 1.54) is 15.9 Å². The molecule has 3 heterocycles. The molecule has 0 saturated heterocycles. The molecule has 0 aliphatic rings. The summed E-state index contributed by atoms with van der Waals surface area (Å²) in [5.41, 5.74) is 2.63. The first-order chi connectivity index (χ1) is 18.0. The Balaban J connectivity index is 1.53. The number of aryl methyl sites for hydroxylation is 2. The number of hydrogen-bond donors (Lipinski definition) is 1. The van der Waals surface area contributed by atoms with Gasteiger partial charge in [0.2, 0.25) is 0 Å². The fourth-order valence-electron chi connectivity index (χ4n) is 4.47. The Kier molecular flexibility index (Phi) is 6.86. The van der Waals surface area contributed by atoms with Gasteiger partial charge in [-0.15, -0.1) is 11.3 Å². The molecule has 1 N–H and O–H groups in total. The van der Waals surface area contributed by atoms with Gasteiger partial charge in [-0.3, -0.25) is 13.9 Å². The highest BCUT2D eigenvalue weighted by atomic mass is 32.1. The van der Waals surface area contributed by atoms with E-state index in [0.29, 0.717) is 34.7 Å². The molecule has 186 valence electrons. The lowest BCUT2D eigenvalue weighted by molar-refractivity contribution is 0.264. The molecule has 5 rings (SSSR count). The van der Waals surface area contributed by atoms with Gasteiger partial charge in [0.15, 0.2) is 0 Å². The highest BCUT2D eigenvalue weighted by molar-refractivity contribution is 7.18. The standard InChI is InChI=1S/C28H25N5O3S/c1-2-22-15-24-26(35)32(14-13-31-12-11-30-25(31)18-34)28(36)33(27(24)37-22)17-19-7-9-20(10-8-19)23-6-4-3-5-21(23)16-29/h3-12,15,34H,2,13-14,17-18H2,1H3. The molecule has 0 spiro atoms. The average Bonchev–Trinajstić information content (AvgIpc) is 3.58. The molecule has 0 fully saturated rings. The van der Waals surface area contributed by atoms with Crippen molar-refractivity contribution in [2.75, 3.05) is 0 Å². The molecule has 0 bridgehead atoms. The van der Waals surface area contributed by atoms with Gasteiger partial charge in [-0.05, 0) is 35.2 Å². The Morgan fingerprint density at radius 3 is 2.57 bits per heavy atom. The molecule has 0 aliphatic heterocycles. The molecule has 2 aromatic carbocycles. The number of rotatable bonds is 8. The van der Waals surface area contributed by atoms with Gasteiger partial charge in [-0.2, -0.15) is 5.26 Å². The lowest BCUT2D eigenvalue weighted by Gasteiger charge is -2.13. The molecule has 0 amide bonds. The molecule has 9 heteroatoms. The van der Waals surface area contributed by atoms with Crippen molar-refractivity contribution in [3.63, 3.8) is 0 Å². The highest BCUT2D eigenvalue weighted by Crippen LogP contribution is 2.25. The number of thiophene rings is 1. The third-order valence-corrected chi connectivity index (χ3v) is 7.76. The van der Waals surface area contributed by atoms with Gasteiger partial charge in [-0.25, -0.2) is 9.78 Å². The smallest absolute Gasteiger partial charge is 0.332 e. The molecule has 0 saturated carbocycles. The maximum atomic E-state index is 13.6. The average molecular weight is 512 g/mol. The van der Waals surface area contributed by atoms with Crippen LogP contribution in [0.2, 0.25) is 0 Å². The SMILES string of the molecule is CCc1cc2c(=O)n(CCn3ccnc3CO)c(=O)n(Cc3ccc(-c4ccccc4C#N)cc3)c2s1. The van der Waals surface area contributed by atoms with Gasteiger partial charge in [0.05, 0.1) is 23.6 Å². The van der Waals surface area contributed by atoms with Crippen LogP contribution in [-0.4, -0.2) is 23.8 Å². The van der Waals surface area contributed by atoms with Crippen LogP contribution in [0, 0.1) is 11.3 Å². The van der Waals surface area contributed by atoms with Crippen LogP contribution >= 0.6 is 11.3 Å². The van der Waals surface area contributed by atoms with E-state index >= 15 is 0 Å². The molecule has 0 radical (unpaired) electrons. The van der Waals surface area contributed by atoms with Crippen LogP contribution in [0.3, 0.4) is 0 Å². The second-order valence-corrected chi connectivity index (χ2v) is 9.78. The van der Waals surface area contributed by atoms with Crippen molar-refractivity contribution in [2.45, 2.75) is 39.6 Å². The van der Waals surface area contributed by atoms with Crippen molar-refractivity contribution in [2.24, 2.45) is 0 Å². The fraction of sp³-hybridized carbons (Fsp3) is 0.214. The first-order valence-electron chi connectivity index (χ1n) is 12.0. The molecular weight excluding hydrogens is 486 g/mol. The van der Waals surface area contributed by atoms with E-state index in [4.69, 9.17) is 0 Å². The number of nitrogens with zero attached hydrogens (tertiary/aromatic N) is 5. The van der Waals surface area contributed by atoms with Crippen molar-refractivity contribution in [3.8, 4) is 17.2 Å².